The van der Waals surface area contributed by atoms with Gasteiger partial charge in [-0.05, 0) is 30.2 Å². The van der Waals surface area contributed by atoms with Gasteiger partial charge in [0.15, 0.2) is 0 Å². The highest BCUT2D eigenvalue weighted by molar-refractivity contribution is 6.32. The number of carbonyl (C=O) groups is 1. The zero-order valence-electron chi connectivity index (χ0n) is 12.1. The molecule has 2 aromatic rings. The van der Waals surface area contributed by atoms with E-state index in [1.165, 1.54) is 6.08 Å². The van der Waals surface area contributed by atoms with Crippen LogP contribution in [-0.4, -0.2) is 29.1 Å². The summed E-state index contributed by atoms with van der Waals surface area (Å²) in [5.74, 6) is 0.0922. The lowest BCUT2D eigenvalue weighted by atomic mass is 10.1. The highest BCUT2D eigenvalue weighted by atomic mass is 35.5. The third kappa shape index (κ3) is 4.86. The topological polar surface area (TPSA) is 64.1 Å². The normalized spacial score (nSPS) is 11.1. The summed E-state index contributed by atoms with van der Waals surface area (Å²) in [4.78, 5) is 19.8. The number of rotatable bonds is 6. The van der Waals surface area contributed by atoms with Crippen molar-refractivity contribution in [2.45, 2.75) is 6.92 Å². The Morgan fingerprint density at radius 2 is 2.00 bits per heavy atom. The number of halogens is 1. The number of nitrogens with one attached hydrogen (secondary N) is 1. The summed E-state index contributed by atoms with van der Waals surface area (Å²) in [6.07, 6.45) is 4.70. The first-order valence-electron chi connectivity index (χ1n) is 6.77. The summed E-state index contributed by atoms with van der Waals surface area (Å²) in [5.41, 5.74) is 1.58. The van der Waals surface area contributed by atoms with Crippen LogP contribution in [0.2, 0.25) is 5.02 Å². The number of carbonyl (C=O) groups excluding carboxylic acids is 1. The minimum atomic E-state index is -0.409. The molecular formula is C16H16ClN3O2. The smallest absolute Gasteiger partial charge is 0.331 e. The summed E-state index contributed by atoms with van der Waals surface area (Å²) in [5, 5.41) is 3.56. The Morgan fingerprint density at radius 1 is 1.27 bits per heavy atom. The number of aromatic nitrogens is 2. The van der Waals surface area contributed by atoms with E-state index in [9.17, 15) is 4.79 Å². The van der Waals surface area contributed by atoms with Crippen molar-refractivity contribution < 1.29 is 9.53 Å². The Bertz CT molecular complexity index is 659. The first-order chi connectivity index (χ1) is 10.7. The zero-order valence-corrected chi connectivity index (χ0v) is 12.9. The predicted molar refractivity (Wildman–Crippen MR) is 86.6 cm³/mol. The van der Waals surface area contributed by atoms with Crippen molar-refractivity contribution in [3.8, 4) is 0 Å². The van der Waals surface area contributed by atoms with Gasteiger partial charge in [-0.3, -0.25) is 0 Å². The van der Waals surface area contributed by atoms with Crippen molar-refractivity contribution in [3.63, 3.8) is 0 Å². The maximum atomic E-state index is 11.7. The Hall–Kier alpha value is -2.40. The molecule has 0 aliphatic carbocycles. The molecule has 0 aliphatic rings. The number of hydrogen-bond donors (Lipinski definition) is 1. The van der Waals surface area contributed by atoms with Crippen LogP contribution in [0.1, 0.15) is 12.5 Å². The molecular weight excluding hydrogens is 302 g/mol. The average Bonchev–Trinajstić information content (AvgIpc) is 2.53. The summed E-state index contributed by atoms with van der Waals surface area (Å²) in [6, 6.07) is 9.08. The summed E-state index contributed by atoms with van der Waals surface area (Å²) in [6.45, 7) is 2.48. The van der Waals surface area contributed by atoms with Crippen molar-refractivity contribution in [1.29, 1.82) is 0 Å². The lowest BCUT2D eigenvalue weighted by molar-refractivity contribution is -0.137. The van der Waals surface area contributed by atoms with Crippen LogP contribution in [0.4, 0.5) is 5.95 Å². The molecule has 0 aliphatic heterocycles. The van der Waals surface area contributed by atoms with E-state index in [1.54, 1.807) is 24.5 Å². The van der Waals surface area contributed by atoms with Gasteiger partial charge in [0.1, 0.15) is 6.61 Å². The Kier molecular flexibility index (Phi) is 5.91. The molecule has 0 fully saturated rings. The molecule has 6 heteroatoms. The number of hydrogen-bond acceptors (Lipinski definition) is 5. The molecule has 5 nitrogen and oxygen atoms in total. The van der Waals surface area contributed by atoms with E-state index in [2.05, 4.69) is 15.3 Å². The minimum Gasteiger partial charge on any atom is -0.461 e. The number of benzene rings is 1. The van der Waals surface area contributed by atoms with E-state index >= 15 is 0 Å². The van der Waals surface area contributed by atoms with Gasteiger partial charge in [0.05, 0.1) is 6.54 Å². The molecule has 0 saturated heterocycles. The molecule has 0 amide bonds. The number of ether oxygens (including phenoxy) is 1. The lowest BCUT2D eigenvalue weighted by Crippen LogP contribution is -2.13. The van der Waals surface area contributed by atoms with Crippen molar-refractivity contribution in [2.75, 3.05) is 18.5 Å². The van der Waals surface area contributed by atoms with Crippen LogP contribution >= 0.6 is 11.6 Å². The molecule has 0 saturated carbocycles. The Balaban J connectivity index is 1.80. The molecule has 0 atom stereocenters. The SMILES string of the molecule is CC(=CC(=O)OCCNc1ncccn1)c1ccccc1Cl. The fourth-order valence-electron chi connectivity index (χ4n) is 1.78. The quantitative estimate of drug-likeness (QED) is 0.503. The number of allylic oxidation sites excluding steroid dienone is 1. The fraction of sp³-hybridized carbons (Fsp3) is 0.188. The third-order valence-electron chi connectivity index (χ3n) is 2.83. The summed E-state index contributed by atoms with van der Waals surface area (Å²) < 4.78 is 5.12. The average molecular weight is 318 g/mol. The van der Waals surface area contributed by atoms with Gasteiger partial charge in [0, 0.05) is 23.5 Å². The van der Waals surface area contributed by atoms with E-state index in [0.29, 0.717) is 17.5 Å². The first-order valence-corrected chi connectivity index (χ1v) is 7.15. The van der Waals surface area contributed by atoms with Gasteiger partial charge in [-0.25, -0.2) is 14.8 Å². The molecule has 0 spiro atoms. The van der Waals surface area contributed by atoms with Gasteiger partial charge in [-0.2, -0.15) is 0 Å². The first kappa shape index (κ1) is 16.0. The van der Waals surface area contributed by atoms with Crippen molar-refractivity contribution in [1.82, 2.24) is 9.97 Å². The maximum Gasteiger partial charge on any atom is 0.331 e. The fourth-order valence-corrected chi connectivity index (χ4v) is 2.07. The van der Waals surface area contributed by atoms with Crippen molar-refractivity contribution in [2.24, 2.45) is 0 Å². The van der Waals surface area contributed by atoms with Crippen LogP contribution in [-0.2, 0) is 9.53 Å². The monoisotopic (exact) mass is 317 g/mol. The molecule has 1 aromatic carbocycles. The highest BCUT2D eigenvalue weighted by Gasteiger charge is 2.05. The van der Waals surface area contributed by atoms with Gasteiger partial charge in [-0.1, -0.05) is 29.8 Å². The second kappa shape index (κ2) is 8.14. The molecule has 1 N–H and O–H groups in total. The zero-order chi connectivity index (χ0) is 15.8. The van der Waals surface area contributed by atoms with Crippen LogP contribution in [0.5, 0.6) is 0 Å². The van der Waals surface area contributed by atoms with E-state index in [-0.39, 0.29) is 6.61 Å². The van der Waals surface area contributed by atoms with E-state index in [4.69, 9.17) is 16.3 Å². The van der Waals surface area contributed by atoms with Crippen LogP contribution in [0.15, 0.2) is 48.8 Å². The standard InChI is InChI=1S/C16H16ClN3O2/c1-12(13-5-2-3-6-14(13)17)11-15(21)22-10-9-20-16-18-7-4-8-19-16/h2-8,11H,9-10H2,1H3,(H,18,19,20). The molecule has 0 unspecified atom stereocenters. The van der Waals surface area contributed by atoms with Gasteiger partial charge in [-0.15, -0.1) is 0 Å². The number of nitrogens with zero attached hydrogens (tertiary/aromatic N) is 2. The minimum absolute atomic E-state index is 0.226. The largest absolute Gasteiger partial charge is 0.461 e. The molecule has 22 heavy (non-hydrogen) atoms. The van der Waals surface area contributed by atoms with Crippen LogP contribution in [0.3, 0.4) is 0 Å². The van der Waals surface area contributed by atoms with E-state index < -0.39 is 5.97 Å². The molecule has 0 radical (unpaired) electrons. The lowest BCUT2D eigenvalue weighted by Gasteiger charge is -2.06. The van der Waals surface area contributed by atoms with Gasteiger partial charge >= 0.3 is 5.97 Å². The van der Waals surface area contributed by atoms with Gasteiger partial charge < -0.3 is 10.1 Å². The van der Waals surface area contributed by atoms with E-state index in [0.717, 1.165) is 11.1 Å². The molecule has 1 aromatic heterocycles. The van der Waals surface area contributed by atoms with Crippen molar-refractivity contribution >= 4 is 29.1 Å². The van der Waals surface area contributed by atoms with Crippen LogP contribution in [0, 0.1) is 0 Å². The van der Waals surface area contributed by atoms with Gasteiger partial charge in [0.2, 0.25) is 5.95 Å². The second-order valence-electron chi connectivity index (χ2n) is 4.47. The Labute approximate surface area is 134 Å². The highest BCUT2D eigenvalue weighted by Crippen LogP contribution is 2.22. The van der Waals surface area contributed by atoms with Gasteiger partial charge in [0.25, 0.3) is 0 Å². The molecule has 2 rings (SSSR count). The summed E-state index contributed by atoms with van der Waals surface area (Å²) in [7, 11) is 0. The number of anilines is 1. The predicted octanol–water partition coefficient (Wildman–Crippen LogP) is 3.19. The summed E-state index contributed by atoms with van der Waals surface area (Å²) >= 11 is 6.08. The maximum absolute atomic E-state index is 11.7. The van der Waals surface area contributed by atoms with Crippen molar-refractivity contribution in [3.05, 3.63) is 59.4 Å². The third-order valence-corrected chi connectivity index (χ3v) is 3.16. The van der Waals surface area contributed by atoms with Crippen LogP contribution in [0.25, 0.3) is 5.57 Å². The van der Waals surface area contributed by atoms with Crippen LogP contribution < -0.4 is 5.32 Å². The molecule has 114 valence electrons. The Morgan fingerprint density at radius 3 is 2.73 bits per heavy atom. The number of esters is 1. The second-order valence-corrected chi connectivity index (χ2v) is 4.88. The molecule has 0 bridgehead atoms. The molecule has 1 heterocycles. The van der Waals surface area contributed by atoms with E-state index in [1.807, 2.05) is 25.1 Å².